The quantitative estimate of drug-likeness (QED) is 0.510. The van der Waals surface area contributed by atoms with E-state index in [1.807, 2.05) is 36.5 Å². The molecule has 0 radical (unpaired) electrons. The van der Waals surface area contributed by atoms with Crippen molar-refractivity contribution in [3.05, 3.63) is 72.2 Å². The Balaban J connectivity index is 1.30. The first-order chi connectivity index (χ1) is 14.3. The second-order valence-electron chi connectivity index (χ2n) is 7.40. The maximum atomic E-state index is 5.61. The van der Waals surface area contributed by atoms with Gasteiger partial charge >= 0.3 is 0 Å². The van der Waals surface area contributed by atoms with E-state index in [1.54, 1.807) is 7.11 Å². The summed E-state index contributed by atoms with van der Waals surface area (Å²) in [6, 6.07) is 18.1. The fourth-order valence-corrected chi connectivity index (χ4v) is 3.99. The van der Waals surface area contributed by atoms with Crippen molar-refractivity contribution in [1.82, 2.24) is 20.0 Å². The zero-order valence-corrected chi connectivity index (χ0v) is 16.3. The topological polar surface area (TPSA) is 64.3 Å². The molecule has 29 heavy (non-hydrogen) atoms. The summed E-state index contributed by atoms with van der Waals surface area (Å²) in [5.74, 6) is 2.36. The maximum absolute atomic E-state index is 5.61. The van der Waals surface area contributed by atoms with Crippen LogP contribution in [0.4, 0.5) is 0 Å². The van der Waals surface area contributed by atoms with Crippen molar-refractivity contribution < 1.29 is 9.26 Å². The lowest BCUT2D eigenvalue weighted by molar-refractivity contribution is 0.310. The van der Waals surface area contributed by atoms with Crippen LogP contribution in [0.3, 0.4) is 0 Å². The molecule has 0 aliphatic carbocycles. The van der Waals surface area contributed by atoms with Crippen LogP contribution in [-0.2, 0) is 6.54 Å². The molecule has 0 saturated carbocycles. The average molecular weight is 386 g/mol. The standard InChI is InChI=1S/C23H22N4O2/c1-28-19-6-4-5-16(13-19)22-25-23(29-26-22)18-10-12-27(15-18)14-17-9-11-24-21-8-3-2-7-20(17)21/h2-9,11,13,18H,10,12,14-15H2,1H3/t18-/m1/s1. The van der Waals surface area contributed by atoms with Crippen molar-refractivity contribution in [2.45, 2.75) is 18.9 Å². The largest absolute Gasteiger partial charge is 0.497 e. The molecule has 0 N–H and O–H groups in total. The van der Waals surface area contributed by atoms with Crippen molar-refractivity contribution in [3.8, 4) is 17.1 Å². The Morgan fingerprint density at radius 2 is 2.07 bits per heavy atom. The van der Waals surface area contributed by atoms with Gasteiger partial charge in [-0.05, 0) is 42.8 Å². The third-order valence-corrected chi connectivity index (χ3v) is 5.52. The van der Waals surface area contributed by atoms with Crippen molar-refractivity contribution in [1.29, 1.82) is 0 Å². The number of hydrogen-bond acceptors (Lipinski definition) is 6. The molecule has 5 rings (SSSR count). The molecular formula is C23H22N4O2. The first kappa shape index (κ1) is 17.8. The first-order valence-electron chi connectivity index (χ1n) is 9.83. The summed E-state index contributed by atoms with van der Waals surface area (Å²) in [6.45, 7) is 2.82. The van der Waals surface area contributed by atoms with Gasteiger partial charge in [0.15, 0.2) is 0 Å². The SMILES string of the molecule is COc1cccc(-c2noc([C@@H]3CCN(Cc4ccnc5ccccc45)C3)n2)c1. The molecule has 6 nitrogen and oxygen atoms in total. The first-order valence-corrected chi connectivity index (χ1v) is 9.83. The number of pyridine rings is 1. The van der Waals surface area contributed by atoms with Gasteiger partial charge in [0.2, 0.25) is 11.7 Å². The van der Waals surface area contributed by atoms with E-state index >= 15 is 0 Å². The highest BCUT2D eigenvalue weighted by molar-refractivity contribution is 5.81. The van der Waals surface area contributed by atoms with Crippen molar-refractivity contribution in [2.75, 3.05) is 20.2 Å². The molecule has 2 aromatic heterocycles. The Morgan fingerprint density at radius 3 is 3.00 bits per heavy atom. The minimum absolute atomic E-state index is 0.259. The molecular weight excluding hydrogens is 364 g/mol. The van der Waals surface area contributed by atoms with E-state index in [0.29, 0.717) is 11.7 Å². The molecule has 1 fully saturated rings. The summed E-state index contributed by atoms with van der Waals surface area (Å²) in [5.41, 5.74) is 3.25. The fourth-order valence-electron chi connectivity index (χ4n) is 3.99. The number of para-hydroxylation sites is 1. The summed E-state index contributed by atoms with van der Waals surface area (Å²) in [6.07, 6.45) is 2.91. The number of ether oxygens (including phenoxy) is 1. The minimum Gasteiger partial charge on any atom is -0.497 e. The molecule has 0 bridgehead atoms. The second kappa shape index (κ2) is 7.64. The highest BCUT2D eigenvalue weighted by atomic mass is 16.5. The smallest absolute Gasteiger partial charge is 0.231 e. The molecule has 146 valence electrons. The van der Waals surface area contributed by atoms with E-state index in [0.717, 1.165) is 42.9 Å². The van der Waals surface area contributed by atoms with Crippen LogP contribution >= 0.6 is 0 Å². The van der Waals surface area contributed by atoms with Gasteiger partial charge in [-0.25, -0.2) is 0 Å². The number of benzene rings is 2. The molecule has 1 saturated heterocycles. The van der Waals surface area contributed by atoms with E-state index < -0.39 is 0 Å². The van der Waals surface area contributed by atoms with E-state index in [-0.39, 0.29) is 5.92 Å². The van der Waals surface area contributed by atoms with E-state index in [4.69, 9.17) is 9.26 Å². The van der Waals surface area contributed by atoms with Crippen LogP contribution < -0.4 is 4.74 Å². The number of aromatic nitrogens is 3. The Labute approximate surface area is 169 Å². The number of likely N-dealkylation sites (tertiary alicyclic amines) is 1. The monoisotopic (exact) mass is 386 g/mol. The second-order valence-corrected chi connectivity index (χ2v) is 7.40. The van der Waals surface area contributed by atoms with Gasteiger partial charge in [-0.15, -0.1) is 0 Å². The van der Waals surface area contributed by atoms with Crippen LogP contribution in [0, 0.1) is 0 Å². The molecule has 0 amide bonds. The molecule has 0 spiro atoms. The number of hydrogen-bond donors (Lipinski definition) is 0. The maximum Gasteiger partial charge on any atom is 0.231 e. The zero-order chi connectivity index (χ0) is 19.6. The average Bonchev–Trinajstić information content (AvgIpc) is 3.44. The number of methoxy groups -OCH3 is 1. The Bertz CT molecular complexity index is 1140. The van der Waals surface area contributed by atoms with E-state index in [9.17, 15) is 0 Å². The van der Waals surface area contributed by atoms with Crippen LogP contribution in [0.25, 0.3) is 22.3 Å². The number of rotatable bonds is 5. The minimum atomic E-state index is 0.259. The molecule has 1 atom stereocenters. The molecule has 2 aromatic carbocycles. The van der Waals surface area contributed by atoms with Crippen LogP contribution in [0.1, 0.15) is 23.8 Å². The Kier molecular flexibility index (Phi) is 4.69. The third-order valence-electron chi connectivity index (χ3n) is 5.52. The van der Waals surface area contributed by atoms with Gasteiger partial charge in [0.1, 0.15) is 5.75 Å². The van der Waals surface area contributed by atoms with Gasteiger partial charge in [-0.1, -0.05) is 35.5 Å². The lowest BCUT2D eigenvalue weighted by Crippen LogP contribution is -2.20. The number of nitrogens with zero attached hydrogens (tertiary/aromatic N) is 4. The van der Waals surface area contributed by atoms with E-state index in [2.05, 4.69) is 44.3 Å². The van der Waals surface area contributed by atoms with Gasteiger partial charge in [-0.2, -0.15) is 4.98 Å². The third kappa shape index (κ3) is 3.59. The Hall–Kier alpha value is -3.25. The van der Waals surface area contributed by atoms with Gasteiger partial charge in [-0.3, -0.25) is 9.88 Å². The summed E-state index contributed by atoms with van der Waals surface area (Å²) < 4.78 is 10.9. The van der Waals surface area contributed by atoms with Crippen molar-refractivity contribution >= 4 is 10.9 Å². The zero-order valence-electron chi connectivity index (χ0n) is 16.3. The van der Waals surface area contributed by atoms with Gasteiger partial charge in [0.05, 0.1) is 18.5 Å². The highest BCUT2D eigenvalue weighted by Gasteiger charge is 2.28. The number of fused-ring (bicyclic) bond motifs is 1. The van der Waals surface area contributed by atoms with Gasteiger partial charge in [0.25, 0.3) is 0 Å². The predicted octanol–water partition coefficient (Wildman–Crippen LogP) is 4.28. The van der Waals surface area contributed by atoms with Gasteiger partial charge < -0.3 is 9.26 Å². The predicted molar refractivity (Wildman–Crippen MR) is 111 cm³/mol. The lowest BCUT2D eigenvalue weighted by Gasteiger charge is -2.16. The fraction of sp³-hybridized carbons (Fsp3) is 0.261. The summed E-state index contributed by atoms with van der Waals surface area (Å²) in [5, 5.41) is 5.41. The van der Waals surface area contributed by atoms with Crippen LogP contribution in [0.5, 0.6) is 5.75 Å². The highest BCUT2D eigenvalue weighted by Crippen LogP contribution is 2.30. The van der Waals surface area contributed by atoms with Crippen LogP contribution in [0.15, 0.2) is 65.3 Å². The summed E-state index contributed by atoms with van der Waals surface area (Å²) in [4.78, 5) is 11.6. The molecule has 1 aliphatic heterocycles. The molecule has 0 unspecified atom stereocenters. The summed E-state index contributed by atoms with van der Waals surface area (Å²) >= 11 is 0. The molecule has 3 heterocycles. The lowest BCUT2D eigenvalue weighted by atomic mass is 10.1. The normalized spacial score (nSPS) is 17.1. The van der Waals surface area contributed by atoms with Crippen molar-refractivity contribution in [3.63, 3.8) is 0 Å². The Morgan fingerprint density at radius 1 is 1.14 bits per heavy atom. The van der Waals surface area contributed by atoms with Crippen LogP contribution in [-0.4, -0.2) is 40.2 Å². The molecule has 6 heteroatoms. The molecule has 1 aliphatic rings. The van der Waals surface area contributed by atoms with Crippen LogP contribution in [0.2, 0.25) is 0 Å². The summed E-state index contributed by atoms with van der Waals surface area (Å²) in [7, 11) is 1.65. The van der Waals surface area contributed by atoms with Gasteiger partial charge in [0, 0.05) is 30.2 Å². The van der Waals surface area contributed by atoms with E-state index in [1.165, 1.54) is 10.9 Å². The molecule has 4 aromatic rings. The van der Waals surface area contributed by atoms with Crippen molar-refractivity contribution in [2.24, 2.45) is 0 Å².